The van der Waals surface area contributed by atoms with Gasteiger partial charge in [0.15, 0.2) is 0 Å². The van der Waals surface area contributed by atoms with E-state index in [2.05, 4.69) is 6.58 Å². The molecule has 19 heavy (non-hydrogen) atoms. The maximum atomic E-state index is 11.6. The van der Waals surface area contributed by atoms with Gasteiger partial charge in [-0.1, -0.05) is 30.3 Å². The third-order valence-electron chi connectivity index (χ3n) is 3.09. The third-order valence-corrected chi connectivity index (χ3v) is 3.32. The van der Waals surface area contributed by atoms with Crippen LogP contribution in [0.15, 0.2) is 36.4 Å². The molecule has 1 rings (SSSR count). The molecule has 0 saturated heterocycles. The van der Waals surface area contributed by atoms with Gasteiger partial charge in [0.25, 0.3) is 0 Å². The molecule has 0 heterocycles. The first-order valence-electron chi connectivity index (χ1n) is 6.16. The van der Waals surface area contributed by atoms with Crippen LogP contribution in [0.4, 0.5) is 0 Å². The van der Waals surface area contributed by atoms with Gasteiger partial charge < -0.3 is 4.74 Å². The van der Waals surface area contributed by atoms with Crippen LogP contribution in [-0.2, 0) is 16.1 Å². The van der Waals surface area contributed by atoms with Gasteiger partial charge in [-0.15, -0.1) is 0 Å². The summed E-state index contributed by atoms with van der Waals surface area (Å²) in [6.45, 7) is 7.84. The molecule has 0 spiro atoms. The highest BCUT2D eigenvalue weighted by molar-refractivity contribution is 6.30. The van der Waals surface area contributed by atoms with Crippen molar-refractivity contribution in [3.05, 3.63) is 47.0 Å². The summed E-state index contributed by atoms with van der Waals surface area (Å²) in [6.07, 6.45) is -0.261. The zero-order valence-electron chi connectivity index (χ0n) is 11.9. The second-order valence-corrected chi connectivity index (χ2v) is 5.79. The van der Waals surface area contributed by atoms with Gasteiger partial charge in [0.05, 0.1) is 14.1 Å². The molecule has 0 aliphatic rings. The number of hydrogen-bond acceptors (Lipinski definition) is 2. The Morgan fingerprint density at radius 2 is 2.11 bits per heavy atom. The van der Waals surface area contributed by atoms with Crippen LogP contribution < -0.4 is 0 Å². The number of carbonyl (C=O) groups is 1. The first-order chi connectivity index (χ1) is 8.72. The molecule has 1 atom stereocenters. The SMILES string of the molecule is C=C(C)C(=O)OC(C)[N+](C)(C)Cc1cccc(Cl)c1. The van der Waals surface area contributed by atoms with Gasteiger partial charge in [0.1, 0.15) is 6.54 Å². The number of hydrogen-bond donors (Lipinski definition) is 0. The van der Waals surface area contributed by atoms with Crippen LogP contribution in [-0.4, -0.2) is 30.8 Å². The first kappa shape index (κ1) is 15.7. The summed E-state index contributed by atoms with van der Waals surface area (Å²) in [7, 11) is 4.02. The smallest absolute Gasteiger partial charge is 0.337 e. The minimum Gasteiger partial charge on any atom is -0.409 e. The Morgan fingerprint density at radius 3 is 2.63 bits per heavy atom. The maximum absolute atomic E-state index is 11.6. The third kappa shape index (κ3) is 4.69. The van der Waals surface area contributed by atoms with Crippen LogP contribution >= 0.6 is 11.6 Å². The summed E-state index contributed by atoms with van der Waals surface area (Å²) < 4.78 is 5.91. The molecule has 0 fully saturated rings. The van der Waals surface area contributed by atoms with Crippen molar-refractivity contribution in [2.45, 2.75) is 26.6 Å². The van der Waals surface area contributed by atoms with Crippen molar-refractivity contribution < 1.29 is 14.0 Å². The fraction of sp³-hybridized carbons (Fsp3) is 0.400. The van der Waals surface area contributed by atoms with Crippen molar-refractivity contribution in [2.24, 2.45) is 0 Å². The average molecular weight is 283 g/mol. The molecule has 0 aromatic heterocycles. The van der Waals surface area contributed by atoms with Gasteiger partial charge in [-0.2, -0.15) is 0 Å². The van der Waals surface area contributed by atoms with E-state index in [4.69, 9.17) is 16.3 Å². The van der Waals surface area contributed by atoms with Gasteiger partial charge in [0, 0.05) is 23.1 Å². The molecule has 1 aromatic carbocycles. The zero-order chi connectivity index (χ0) is 14.6. The van der Waals surface area contributed by atoms with E-state index in [0.29, 0.717) is 15.1 Å². The number of rotatable bonds is 5. The average Bonchev–Trinajstić information content (AvgIpc) is 2.27. The highest BCUT2D eigenvalue weighted by atomic mass is 35.5. The van der Waals surface area contributed by atoms with E-state index in [1.165, 1.54) is 0 Å². The monoisotopic (exact) mass is 282 g/mol. The molecule has 0 amide bonds. The van der Waals surface area contributed by atoms with Crippen LogP contribution in [0.25, 0.3) is 0 Å². The molecule has 104 valence electrons. The fourth-order valence-corrected chi connectivity index (χ4v) is 1.85. The normalized spacial score (nSPS) is 12.9. The number of ether oxygens (including phenoxy) is 1. The van der Waals surface area contributed by atoms with Crippen LogP contribution in [0.5, 0.6) is 0 Å². The fourth-order valence-electron chi connectivity index (χ4n) is 1.63. The van der Waals surface area contributed by atoms with Crippen molar-refractivity contribution >= 4 is 17.6 Å². The number of nitrogens with zero attached hydrogens (tertiary/aromatic N) is 1. The molecule has 1 aromatic rings. The lowest BCUT2D eigenvalue weighted by Crippen LogP contribution is -2.48. The Morgan fingerprint density at radius 1 is 1.47 bits per heavy atom. The molecule has 1 unspecified atom stereocenters. The number of quaternary nitrogens is 1. The number of carbonyl (C=O) groups excluding carboxylic acids is 1. The predicted molar refractivity (Wildman–Crippen MR) is 77.6 cm³/mol. The Balaban J connectivity index is 2.74. The molecule has 0 radical (unpaired) electrons. The van der Waals surface area contributed by atoms with E-state index in [-0.39, 0.29) is 12.2 Å². The minimum atomic E-state index is -0.357. The van der Waals surface area contributed by atoms with Gasteiger partial charge in [-0.05, 0) is 19.1 Å². The topological polar surface area (TPSA) is 26.3 Å². The lowest BCUT2D eigenvalue weighted by molar-refractivity contribution is -0.945. The lowest BCUT2D eigenvalue weighted by atomic mass is 10.2. The van der Waals surface area contributed by atoms with Gasteiger partial charge >= 0.3 is 5.97 Å². The maximum Gasteiger partial charge on any atom is 0.337 e. The summed E-state index contributed by atoms with van der Waals surface area (Å²) in [5.41, 5.74) is 1.52. The van der Waals surface area contributed by atoms with Crippen molar-refractivity contribution in [2.75, 3.05) is 14.1 Å². The summed E-state index contributed by atoms with van der Waals surface area (Å²) >= 11 is 5.98. The highest BCUT2D eigenvalue weighted by Crippen LogP contribution is 2.18. The Labute approximate surface area is 120 Å². The molecule has 0 aliphatic carbocycles. The number of esters is 1. The number of halogens is 1. The predicted octanol–water partition coefficient (Wildman–Crippen LogP) is 3.38. The van der Waals surface area contributed by atoms with Crippen molar-refractivity contribution in [1.29, 1.82) is 0 Å². The van der Waals surface area contributed by atoms with E-state index < -0.39 is 0 Å². The van der Waals surface area contributed by atoms with Crippen LogP contribution in [0.1, 0.15) is 19.4 Å². The molecule has 0 saturated carbocycles. The standard InChI is InChI=1S/C15H21ClNO2/c1-11(2)15(18)19-12(3)17(4,5)10-13-7-6-8-14(16)9-13/h6-9,12H,1,10H2,2-5H3/q+1. The first-order valence-corrected chi connectivity index (χ1v) is 6.54. The second kappa shape index (κ2) is 6.22. The van der Waals surface area contributed by atoms with Crippen LogP contribution in [0.2, 0.25) is 5.02 Å². The van der Waals surface area contributed by atoms with E-state index in [1.54, 1.807) is 6.92 Å². The summed E-state index contributed by atoms with van der Waals surface area (Å²) in [5, 5.41) is 0.712. The van der Waals surface area contributed by atoms with E-state index in [0.717, 1.165) is 12.1 Å². The van der Waals surface area contributed by atoms with Crippen molar-refractivity contribution in [1.82, 2.24) is 0 Å². The molecular weight excluding hydrogens is 262 g/mol. The molecular formula is C15H21ClNO2+. The molecule has 0 bridgehead atoms. The van der Waals surface area contributed by atoms with Gasteiger partial charge in [-0.25, -0.2) is 4.79 Å². The summed E-state index contributed by atoms with van der Waals surface area (Å²) in [4.78, 5) is 11.6. The highest BCUT2D eigenvalue weighted by Gasteiger charge is 2.27. The Hall–Kier alpha value is -1.32. The van der Waals surface area contributed by atoms with Crippen LogP contribution in [0.3, 0.4) is 0 Å². The second-order valence-electron chi connectivity index (χ2n) is 5.35. The minimum absolute atomic E-state index is 0.261. The van der Waals surface area contributed by atoms with E-state index in [9.17, 15) is 4.79 Å². The molecule has 4 heteroatoms. The van der Waals surface area contributed by atoms with Crippen LogP contribution in [0, 0.1) is 0 Å². The largest absolute Gasteiger partial charge is 0.409 e. The number of benzene rings is 1. The molecule has 3 nitrogen and oxygen atoms in total. The molecule has 0 aliphatic heterocycles. The van der Waals surface area contributed by atoms with Crippen molar-refractivity contribution in [3.8, 4) is 0 Å². The van der Waals surface area contributed by atoms with E-state index in [1.807, 2.05) is 45.3 Å². The summed E-state index contributed by atoms with van der Waals surface area (Å²) in [6, 6.07) is 7.70. The summed E-state index contributed by atoms with van der Waals surface area (Å²) in [5.74, 6) is -0.357. The van der Waals surface area contributed by atoms with E-state index >= 15 is 0 Å². The van der Waals surface area contributed by atoms with Gasteiger partial charge in [-0.3, -0.25) is 4.48 Å². The van der Waals surface area contributed by atoms with Gasteiger partial charge in [0.2, 0.25) is 6.23 Å². The zero-order valence-corrected chi connectivity index (χ0v) is 12.7. The van der Waals surface area contributed by atoms with Crippen molar-refractivity contribution in [3.63, 3.8) is 0 Å². The molecule has 0 N–H and O–H groups in total. The Bertz CT molecular complexity index is 483. The Kier molecular flexibility index (Phi) is 5.15. The quantitative estimate of drug-likeness (QED) is 0.358. The lowest BCUT2D eigenvalue weighted by Gasteiger charge is -2.35.